The third-order valence-electron chi connectivity index (χ3n) is 3.59. The summed E-state index contributed by atoms with van der Waals surface area (Å²) in [6.07, 6.45) is 3.48. The second kappa shape index (κ2) is 5.63. The third kappa shape index (κ3) is 4.12. The maximum Gasteiger partial charge on any atom is 0.112 e. The van der Waals surface area contributed by atoms with Crippen molar-refractivity contribution in [3.05, 3.63) is 35.9 Å². The van der Waals surface area contributed by atoms with Crippen molar-refractivity contribution in [2.24, 2.45) is 5.92 Å². The van der Waals surface area contributed by atoms with Gasteiger partial charge >= 0.3 is 0 Å². The van der Waals surface area contributed by atoms with Crippen molar-refractivity contribution >= 4 is 0 Å². The smallest absolute Gasteiger partial charge is 0.112 e. The zero-order valence-electron chi connectivity index (χ0n) is 10.6. The zero-order valence-corrected chi connectivity index (χ0v) is 10.6. The predicted octanol–water partition coefficient (Wildman–Crippen LogP) is 3.35. The van der Waals surface area contributed by atoms with Gasteiger partial charge in [0, 0.05) is 6.42 Å². The summed E-state index contributed by atoms with van der Waals surface area (Å²) in [4.78, 5) is 0. The molecule has 0 aliphatic carbocycles. The van der Waals surface area contributed by atoms with Gasteiger partial charge in [-0.2, -0.15) is 0 Å². The van der Waals surface area contributed by atoms with E-state index in [4.69, 9.17) is 0 Å². The van der Waals surface area contributed by atoms with Crippen LogP contribution in [0.25, 0.3) is 0 Å². The Bertz CT molecular complexity index is 328. The molecule has 1 nitrogen and oxygen atoms in total. The van der Waals surface area contributed by atoms with Gasteiger partial charge in [-0.25, -0.2) is 4.39 Å². The lowest BCUT2D eigenvalue weighted by atomic mass is 9.84. The van der Waals surface area contributed by atoms with Gasteiger partial charge in [0.1, 0.15) is 5.67 Å². The molecule has 1 aromatic rings. The highest BCUT2D eigenvalue weighted by atomic mass is 19.1. The van der Waals surface area contributed by atoms with Gasteiger partial charge in [-0.15, -0.1) is 0 Å². The van der Waals surface area contributed by atoms with Crippen LogP contribution in [0, 0.1) is 5.92 Å². The molecule has 1 saturated heterocycles. The van der Waals surface area contributed by atoms with E-state index in [1.807, 2.05) is 30.3 Å². The van der Waals surface area contributed by atoms with Crippen LogP contribution in [0.5, 0.6) is 0 Å². The van der Waals surface area contributed by atoms with Gasteiger partial charge in [-0.05, 0) is 50.8 Å². The summed E-state index contributed by atoms with van der Waals surface area (Å²) in [6.45, 7) is 3.85. The molecule has 0 amide bonds. The molecule has 0 radical (unpaired) electrons. The minimum absolute atomic E-state index is 0.539. The number of alkyl halides is 1. The van der Waals surface area contributed by atoms with Gasteiger partial charge in [-0.1, -0.05) is 30.3 Å². The molecule has 1 aromatic carbocycles. The highest BCUT2D eigenvalue weighted by molar-refractivity contribution is 5.16. The summed E-state index contributed by atoms with van der Waals surface area (Å²) >= 11 is 0. The number of nitrogens with one attached hydrogen (secondary N) is 1. The molecule has 1 unspecified atom stereocenters. The van der Waals surface area contributed by atoms with Crippen LogP contribution >= 0.6 is 0 Å². The Morgan fingerprint density at radius 2 is 1.88 bits per heavy atom. The van der Waals surface area contributed by atoms with E-state index in [9.17, 15) is 4.39 Å². The molecule has 1 heterocycles. The van der Waals surface area contributed by atoms with Crippen molar-refractivity contribution in [3.63, 3.8) is 0 Å². The van der Waals surface area contributed by atoms with Crippen LogP contribution in [0.4, 0.5) is 4.39 Å². The zero-order chi connectivity index (χ0) is 12.1. The number of halogens is 1. The average molecular weight is 235 g/mol. The first-order valence-electron chi connectivity index (χ1n) is 6.59. The Morgan fingerprint density at radius 3 is 2.53 bits per heavy atom. The van der Waals surface area contributed by atoms with Crippen LogP contribution in [0.15, 0.2) is 30.3 Å². The van der Waals surface area contributed by atoms with Gasteiger partial charge in [0.05, 0.1) is 0 Å². The van der Waals surface area contributed by atoms with Crippen molar-refractivity contribution in [3.8, 4) is 0 Å². The fourth-order valence-corrected chi connectivity index (χ4v) is 2.78. The predicted molar refractivity (Wildman–Crippen MR) is 69.9 cm³/mol. The molecule has 1 N–H and O–H groups in total. The van der Waals surface area contributed by atoms with Crippen molar-refractivity contribution in [2.75, 3.05) is 13.1 Å². The van der Waals surface area contributed by atoms with Crippen molar-refractivity contribution < 1.29 is 4.39 Å². The molecule has 0 spiro atoms. The van der Waals surface area contributed by atoms with Crippen LogP contribution in [-0.4, -0.2) is 18.8 Å². The first-order chi connectivity index (χ1) is 8.16. The largest absolute Gasteiger partial charge is 0.317 e. The SMILES string of the molecule is CC(F)(Cc1ccccc1)CC1CCNCC1. The van der Waals surface area contributed by atoms with E-state index < -0.39 is 5.67 Å². The van der Waals surface area contributed by atoms with E-state index in [2.05, 4.69) is 5.32 Å². The maximum atomic E-state index is 14.5. The normalized spacial score (nSPS) is 21.1. The highest BCUT2D eigenvalue weighted by Crippen LogP contribution is 2.29. The molecule has 0 bridgehead atoms. The number of benzene rings is 1. The Balaban J connectivity index is 1.89. The number of hydrogen-bond acceptors (Lipinski definition) is 1. The summed E-state index contributed by atoms with van der Waals surface area (Å²) < 4.78 is 14.5. The molecule has 1 fully saturated rings. The van der Waals surface area contributed by atoms with E-state index in [1.165, 1.54) is 0 Å². The fourth-order valence-electron chi connectivity index (χ4n) is 2.78. The molecule has 0 saturated carbocycles. The van der Waals surface area contributed by atoms with Crippen LogP contribution in [0.2, 0.25) is 0 Å². The minimum Gasteiger partial charge on any atom is -0.317 e. The van der Waals surface area contributed by atoms with Gasteiger partial charge in [0.15, 0.2) is 0 Å². The topological polar surface area (TPSA) is 12.0 Å². The summed E-state index contributed by atoms with van der Waals surface area (Å²) in [5.74, 6) is 0.551. The molecule has 1 atom stereocenters. The molecule has 1 aliphatic rings. The fraction of sp³-hybridized carbons (Fsp3) is 0.600. The maximum absolute atomic E-state index is 14.5. The highest BCUT2D eigenvalue weighted by Gasteiger charge is 2.28. The Hall–Kier alpha value is -0.890. The molecule has 2 rings (SSSR count). The van der Waals surface area contributed by atoms with E-state index in [-0.39, 0.29) is 0 Å². The number of hydrogen-bond donors (Lipinski definition) is 1. The van der Waals surface area contributed by atoms with Gasteiger partial charge in [-0.3, -0.25) is 0 Å². The summed E-state index contributed by atoms with van der Waals surface area (Å²) in [6, 6.07) is 9.97. The van der Waals surface area contributed by atoms with Crippen LogP contribution in [0.3, 0.4) is 0 Å². The quantitative estimate of drug-likeness (QED) is 0.844. The second-order valence-electron chi connectivity index (χ2n) is 5.47. The lowest BCUT2D eigenvalue weighted by Gasteiger charge is -2.29. The molecule has 2 heteroatoms. The number of piperidine rings is 1. The molecule has 17 heavy (non-hydrogen) atoms. The van der Waals surface area contributed by atoms with E-state index in [1.54, 1.807) is 6.92 Å². The second-order valence-corrected chi connectivity index (χ2v) is 5.47. The summed E-state index contributed by atoms with van der Waals surface area (Å²) in [7, 11) is 0. The molecule has 1 aliphatic heterocycles. The van der Waals surface area contributed by atoms with Gasteiger partial charge in [0.2, 0.25) is 0 Å². The van der Waals surface area contributed by atoms with Gasteiger partial charge in [0.25, 0.3) is 0 Å². The van der Waals surface area contributed by atoms with Crippen molar-refractivity contribution in [1.82, 2.24) is 5.32 Å². The van der Waals surface area contributed by atoms with Crippen molar-refractivity contribution in [2.45, 2.75) is 38.3 Å². The Morgan fingerprint density at radius 1 is 1.24 bits per heavy atom. The van der Waals surface area contributed by atoms with E-state index in [0.29, 0.717) is 18.8 Å². The standard InChI is InChI=1S/C15H22FN/c1-15(16,11-13-5-3-2-4-6-13)12-14-7-9-17-10-8-14/h2-6,14,17H,7-12H2,1H3. The van der Waals surface area contributed by atoms with Crippen molar-refractivity contribution in [1.29, 1.82) is 0 Å². The minimum atomic E-state index is -1.07. The molecule has 0 aromatic heterocycles. The third-order valence-corrected chi connectivity index (χ3v) is 3.59. The first kappa shape index (κ1) is 12.6. The summed E-state index contributed by atoms with van der Waals surface area (Å²) in [5, 5.41) is 3.33. The lowest BCUT2D eigenvalue weighted by Crippen LogP contribution is -2.33. The van der Waals surface area contributed by atoms with Crippen LogP contribution in [-0.2, 0) is 6.42 Å². The number of rotatable bonds is 4. The first-order valence-corrected chi connectivity index (χ1v) is 6.59. The monoisotopic (exact) mass is 235 g/mol. The van der Waals surface area contributed by atoms with Crippen LogP contribution in [0.1, 0.15) is 31.7 Å². The lowest BCUT2D eigenvalue weighted by molar-refractivity contribution is 0.132. The van der Waals surface area contributed by atoms with E-state index >= 15 is 0 Å². The van der Waals surface area contributed by atoms with Gasteiger partial charge < -0.3 is 5.32 Å². The molecular weight excluding hydrogens is 213 g/mol. The van der Waals surface area contributed by atoms with E-state index in [0.717, 1.165) is 31.5 Å². The molecular formula is C15H22FN. The molecule has 94 valence electrons. The Kier molecular flexibility index (Phi) is 4.16. The average Bonchev–Trinajstić information content (AvgIpc) is 2.30. The van der Waals surface area contributed by atoms with Crippen LogP contribution < -0.4 is 5.32 Å². The Labute approximate surface area is 103 Å². The summed E-state index contributed by atoms with van der Waals surface area (Å²) in [5.41, 5.74) is 0.0371.